The number of aromatic nitrogens is 3. The number of nitrogens with zero attached hydrogens (tertiary/aromatic N) is 3. The van der Waals surface area contributed by atoms with Gasteiger partial charge in [0.15, 0.2) is 27.3 Å². The average Bonchev–Trinajstić information content (AvgIpc) is 2.62. The molecule has 11 heteroatoms. The summed E-state index contributed by atoms with van der Waals surface area (Å²) in [5, 5.41) is 6.69. The fourth-order valence-electron chi connectivity index (χ4n) is 2.53. The number of aryl methyl sites for hydroxylation is 1. The minimum atomic E-state index is -3.48. The summed E-state index contributed by atoms with van der Waals surface area (Å²) in [6, 6.07) is 5.98. The highest BCUT2D eigenvalue weighted by atomic mass is 32.2. The van der Waals surface area contributed by atoms with Crippen LogP contribution in [0.2, 0.25) is 0 Å². The molecule has 0 fully saturated rings. The second-order valence-electron chi connectivity index (χ2n) is 6.32. The van der Waals surface area contributed by atoms with Gasteiger partial charge in [0.1, 0.15) is 6.20 Å². The summed E-state index contributed by atoms with van der Waals surface area (Å²) >= 11 is 0. The molecule has 2 aromatic carbocycles. The van der Waals surface area contributed by atoms with Crippen LogP contribution in [0.15, 0.2) is 46.2 Å². The SMILES string of the molecule is Cc1ccc(S(C)(=O)=O)cc1Nc1nc(=O)cnn1Cc1cc(F)c(F)c(F)c1. The first-order valence-corrected chi connectivity index (χ1v) is 10.1. The van der Waals surface area contributed by atoms with Crippen LogP contribution in [0.4, 0.5) is 24.8 Å². The zero-order chi connectivity index (χ0) is 21.3. The summed E-state index contributed by atoms with van der Waals surface area (Å²) < 4.78 is 64.8. The maximum absolute atomic E-state index is 13.5. The van der Waals surface area contributed by atoms with E-state index in [9.17, 15) is 26.4 Å². The maximum Gasteiger partial charge on any atom is 0.293 e. The first kappa shape index (κ1) is 20.5. The van der Waals surface area contributed by atoms with Crippen LogP contribution in [-0.2, 0) is 16.4 Å². The van der Waals surface area contributed by atoms with E-state index in [0.29, 0.717) is 11.3 Å². The Morgan fingerprint density at radius 2 is 1.76 bits per heavy atom. The summed E-state index contributed by atoms with van der Waals surface area (Å²) in [5.74, 6) is -4.40. The molecular weight excluding hydrogens is 409 g/mol. The summed E-state index contributed by atoms with van der Waals surface area (Å²) in [4.78, 5) is 15.5. The number of hydrogen-bond acceptors (Lipinski definition) is 6. The second-order valence-corrected chi connectivity index (χ2v) is 8.34. The van der Waals surface area contributed by atoms with Crippen LogP contribution in [0.3, 0.4) is 0 Å². The lowest BCUT2D eigenvalue weighted by atomic mass is 10.2. The fourth-order valence-corrected chi connectivity index (χ4v) is 3.18. The van der Waals surface area contributed by atoms with Gasteiger partial charge in [-0.25, -0.2) is 26.3 Å². The number of hydrogen-bond donors (Lipinski definition) is 1. The van der Waals surface area contributed by atoms with Crippen LogP contribution in [-0.4, -0.2) is 29.4 Å². The van der Waals surface area contributed by atoms with Gasteiger partial charge in [0.2, 0.25) is 5.95 Å². The molecule has 0 spiro atoms. The van der Waals surface area contributed by atoms with Crippen molar-refractivity contribution in [1.82, 2.24) is 14.8 Å². The van der Waals surface area contributed by atoms with Gasteiger partial charge in [-0.3, -0.25) is 4.79 Å². The smallest absolute Gasteiger partial charge is 0.293 e. The van der Waals surface area contributed by atoms with E-state index >= 15 is 0 Å². The Balaban J connectivity index is 2.02. The fraction of sp³-hybridized carbons (Fsp3) is 0.167. The molecule has 0 atom stereocenters. The molecule has 0 aliphatic carbocycles. The molecule has 0 saturated heterocycles. The van der Waals surface area contributed by atoms with E-state index in [1.165, 1.54) is 12.1 Å². The zero-order valence-electron chi connectivity index (χ0n) is 15.3. The molecule has 1 N–H and O–H groups in total. The quantitative estimate of drug-likeness (QED) is 0.633. The monoisotopic (exact) mass is 424 g/mol. The molecule has 3 rings (SSSR count). The van der Waals surface area contributed by atoms with Crippen molar-refractivity contribution < 1.29 is 21.6 Å². The minimum Gasteiger partial charge on any atom is -0.324 e. The Morgan fingerprint density at radius 3 is 2.38 bits per heavy atom. The van der Waals surface area contributed by atoms with Gasteiger partial charge in [-0.1, -0.05) is 6.07 Å². The molecule has 1 aromatic heterocycles. The van der Waals surface area contributed by atoms with Crippen molar-refractivity contribution in [2.75, 3.05) is 11.6 Å². The number of rotatable bonds is 5. The lowest BCUT2D eigenvalue weighted by Gasteiger charge is -2.15. The highest BCUT2D eigenvalue weighted by molar-refractivity contribution is 7.90. The molecule has 0 amide bonds. The van der Waals surface area contributed by atoms with Gasteiger partial charge < -0.3 is 5.32 Å². The molecule has 0 bridgehead atoms. The predicted molar refractivity (Wildman–Crippen MR) is 99.3 cm³/mol. The van der Waals surface area contributed by atoms with Crippen LogP contribution in [0.25, 0.3) is 0 Å². The van der Waals surface area contributed by atoms with E-state index in [0.717, 1.165) is 29.3 Å². The van der Waals surface area contributed by atoms with Crippen LogP contribution < -0.4 is 10.9 Å². The Hall–Kier alpha value is -3.21. The van der Waals surface area contributed by atoms with E-state index in [2.05, 4.69) is 15.4 Å². The van der Waals surface area contributed by atoms with Gasteiger partial charge in [-0.05, 0) is 42.3 Å². The van der Waals surface area contributed by atoms with Crippen molar-refractivity contribution in [2.45, 2.75) is 18.4 Å². The largest absolute Gasteiger partial charge is 0.324 e. The first-order chi connectivity index (χ1) is 13.5. The number of anilines is 2. The van der Waals surface area contributed by atoms with Gasteiger partial charge in [-0.15, -0.1) is 0 Å². The highest BCUT2D eigenvalue weighted by Crippen LogP contribution is 2.23. The summed E-state index contributed by atoms with van der Waals surface area (Å²) in [7, 11) is -3.48. The molecule has 3 aromatic rings. The molecule has 0 radical (unpaired) electrons. The third-order valence-electron chi connectivity index (χ3n) is 4.03. The third kappa shape index (κ3) is 4.62. The minimum absolute atomic E-state index is 0.0454. The molecular formula is C18H15F3N4O3S. The summed E-state index contributed by atoms with van der Waals surface area (Å²) in [6.07, 6.45) is 1.96. The number of benzene rings is 2. The molecule has 7 nitrogen and oxygen atoms in total. The predicted octanol–water partition coefficient (Wildman–Crippen LogP) is 2.56. The summed E-state index contributed by atoms with van der Waals surface area (Å²) in [5.41, 5.74) is 0.361. The molecule has 0 saturated carbocycles. The van der Waals surface area contributed by atoms with Crippen molar-refractivity contribution in [3.8, 4) is 0 Å². The Morgan fingerprint density at radius 1 is 1.10 bits per heavy atom. The Labute approximate surface area is 163 Å². The van der Waals surface area contributed by atoms with Crippen molar-refractivity contribution in [3.63, 3.8) is 0 Å². The Kier molecular flexibility index (Phi) is 5.42. The number of sulfone groups is 1. The number of halogens is 3. The second kappa shape index (κ2) is 7.66. The van der Waals surface area contributed by atoms with Gasteiger partial charge >= 0.3 is 0 Å². The molecule has 0 aliphatic heterocycles. The average molecular weight is 424 g/mol. The van der Waals surface area contributed by atoms with E-state index in [1.54, 1.807) is 13.0 Å². The lowest BCUT2D eigenvalue weighted by Crippen LogP contribution is -2.19. The highest BCUT2D eigenvalue weighted by Gasteiger charge is 2.14. The van der Waals surface area contributed by atoms with E-state index in [4.69, 9.17) is 0 Å². The molecule has 29 heavy (non-hydrogen) atoms. The molecule has 152 valence electrons. The third-order valence-corrected chi connectivity index (χ3v) is 5.14. The summed E-state index contributed by atoms with van der Waals surface area (Å²) in [6.45, 7) is 1.48. The molecule has 1 heterocycles. The molecule has 0 unspecified atom stereocenters. The van der Waals surface area contributed by atoms with Crippen molar-refractivity contribution >= 4 is 21.5 Å². The first-order valence-electron chi connectivity index (χ1n) is 8.20. The van der Waals surface area contributed by atoms with Crippen molar-refractivity contribution in [3.05, 3.63) is 75.5 Å². The van der Waals surface area contributed by atoms with Gasteiger partial charge in [0.05, 0.1) is 11.4 Å². The van der Waals surface area contributed by atoms with E-state index in [-0.39, 0.29) is 23.0 Å². The Bertz CT molecular complexity index is 1240. The topological polar surface area (TPSA) is 93.9 Å². The van der Waals surface area contributed by atoms with Crippen LogP contribution in [0.5, 0.6) is 0 Å². The zero-order valence-corrected chi connectivity index (χ0v) is 16.1. The van der Waals surface area contributed by atoms with Gasteiger partial charge in [-0.2, -0.15) is 10.1 Å². The lowest BCUT2D eigenvalue weighted by molar-refractivity contribution is 0.444. The van der Waals surface area contributed by atoms with Gasteiger partial charge in [0.25, 0.3) is 5.56 Å². The van der Waals surface area contributed by atoms with E-state index < -0.39 is 32.8 Å². The standard InChI is InChI=1S/C18H15F3N4O3S/c1-10-3-4-12(29(2,27)28)7-15(10)23-18-24-16(26)8-22-25(18)9-11-5-13(19)17(21)14(20)6-11/h3-8H,9H2,1-2H3,(H,23,24,26). The van der Waals surface area contributed by atoms with Crippen LogP contribution in [0, 0.1) is 24.4 Å². The van der Waals surface area contributed by atoms with Crippen molar-refractivity contribution in [2.24, 2.45) is 0 Å². The molecule has 0 aliphatic rings. The maximum atomic E-state index is 13.5. The normalized spacial score (nSPS) is 11.5. The van der Waals surface area contributed by atoms with Crippen molar-refractivity contribution in [1.29, 1.82) is 0 Å². The van der Waals surface area contributed by atoms with E-state index in [1.807, 2.05) is 0 Å². The van der Waals surface area contributed by atoms with Gasteiger partial charge in [0, 0.05) is 11.9 Å². The number of nitrogens with one attached hydrogen (secondary N) is 1. The van der Waals surface area contributed by atoms with Crippen LogP contribution >= 0.6 is 0 Å². The van der Waals surface area contributed by atoms with Crippen LogP contribution in [0.1, 0.15) is 11.1 Å².